The number of nitrogens with zero attached hydrogens (tertiary/aromatic N) is 6. The maximum Gasteiger partial charge on any atom is 0.330 e. The largest absolute Gasteiger partial charge is 0.330 e. The lowest BCUT2D eigenvalue weighted by Crippen LogP contribution is -2.37. The van der Waals surface area contributed by atoms with Crippen LogP contribution in [-0.2, 0) is 19.8 Å². The number of aromatic nitrogens is 6. The lowest BCUT2D eigenvalue weighted by Gasteiger charge is -2.09. The van der Waals surface area contributed by atoms with E-state index in [1.807, 2.05) is 31.2 Å². The predicted molar refractivity (Wildman–Crippen MR) is 90.4 cm³/mol. The van der Waals surface area contributed by atoms with Gasteiger partial charge in [0, 0.05) is 31.6 Å². The minimum Gasteiger partial charge on any atom is -0.300 e. The van der Waals surface area contributed by atoms with Gasteiger partial charge in [0.25, 0.3) is 5.56 Å². The number of thioether (sulfide) groups is 1. The second kappa shape index (κ2) is 6.44. The van der Waals surface area contributed by atoms with Crippen LogP contribution >= 0.6 is 11.8 Å². The van der Waals surface area contributed by atoms with Crippen LogP contribution in [0.1, 0.15) is 11.3 Å². The van der Waals surface area contributed by atoms with Gasteiger partial charge in [0.05, 0.1) is 5.69 Å². The van der Waals surface area contributed by atoms with Crippen molar-refractivity contribution >= 4 is 11.8 Å². The molecule has 24 heavy (non-hydrogen) atoms. The standard InChI is InChI=1S/C15H16N6O2S/c1-10-4-6-11(7-5-10)21-14(16-17-18-21)24-9-12-8-13(22)20(3)15(23)19(12)2/h4-8H,9H2,1-3H3. The predicted octanol–water partition coefficient (Wildman–Crippen LogP) is 0.660. The Kier molecular flexibility index (Phi) is 4.34. The van der Waals surface area contributed by atoms with E-state index in [0.29, 0.717) is 16.6 Å². The summed E-state index contributed by atoms with van der Waals surface area (Å²) in [6.45, 7) is 2.01. The Balaban J connectivity index is 1.87. The molecule has 0 N–H and O–H groups in total. The average molecular weight is 344 g/mol. The Bertz CT molecular complexity index is 986. The molecule has 0 radical (unpaired) electrons. The van der Waals surface area contributed by atoms with E-state index in [9.17, 15) is 9.59 Å². The van der Waals surface area contributed by atoms with Gasteiger partial charge in [0.2, 0.25) is 5.16 Å². The van der Waals surface area contributed by atoms with Crippen LogP contribution in [0.25, 0.3) is 5.69 Å². The maximum absolute atomic E-state index is 12.0. The third-order valence-electron chi connectivity index (χ3n) is 3.69. The molecule has 9 heteroatoms. The summed E-state index contributed by atoms with van der Waals surface area (Å²) in [5.74, 6) is 0.411. The first-order valence-electron chi connectivity index (χ1n) is 7.21. The Morgan fingerprint density at radius 2 is 1.79 bits per heavy atom. The molecule has 0 aliphatic rings. The van der Waals surface area contributed by atoms with Crippen LogP contribution in [0.2, 0.25) is 0 Å². The SMILES string of the molecule is Cc1ccc(-n2nnnc2SCc2cc(=O)n(C)c(=O)n2C)cc1. The zero-order chi connectivity index (χ0) is 17.3. The number of hydrogen-bond donors (Lipinski definition) is 0. The van der Waals surface area contributed by atoms with Crippen molar-refractivity contribution in [2.45, 2.75) is 17.8 Å². The first-order valence-corrected chi connectivity index (χ1v) is 8.20. The monoisotopic (exact) mass is 344 g/mol. The van der Waals surface area contributed by atoms with Crippen LogP contribution in [0.5, 0.6) is 0 Å². The summed E-state index contributed by atoms with van der Waals surface area (Å²) in [7, 11) is 3.10. The molecule has 8 nitrogen and oxygen atoms in total. The van der Waals surface area contributed by atoms with Gasteiger partial charge in [-0.3, -0.25) is 13.9 Å². The summed E-state index contributed by atoms with van der Waals surface area (Å²) >= 11 is 1.36. The number of aryl methyl sites for hydroxylation is 1. The Labute approximate surface area is 141 Å². The molecule has 0 saturated carbocycles. The highest BCUT2D eigenvalue weighted by atomic mass is 32.2. The van der Waals surface area contributed by atoms with E-state index in [1.165, 1.54) is 29.4 Å². The van der Waals surface area contributed by atoms with E-state index in [0.717, 1.165) is 15.8 Å². The Hall–Kier alpha value is -2.68. The summed E-state index contributed by atoms with van der Waals surface area (Å²) in [6.07, 6.45) is 0. The first kappa shape index (κ1) is 16.2. The minimum absolute atomic E-state index is 0.327. The van der Waals surface area contributed by atoms with Gasteiger partial charge < -0.3 is 0 Å². The molecule has 0 aliphatic heterocycles. The summed E-state index contributed by atoms with van der Waals surface area (Å²) < 4.78 is 4.15. The third-order valence-corrected chi connectivity index (χ3v) is 4.65. The fourth-order valence-corrected chi connectivity index (χ4v) is 3.08. The zero-order valence-electron chi connectivity index (χ0n) is 13.5. The van der Waals surface area contributed by atoms with Gasteiger partial charge in [0.15, 0.2) is 0 Å². The summed E-state index contributed by atoms with van der Waals surface area (Å²) in [6, 6.07) is 9.29. The normalized spacial score (nSPS) is 11.0. The zero-order valence-corrected chi connectivity index (χ0v) is 14.3. The smallest absolute Gasteiger partial charge is 0.300 e. The fraction of sp³-hybridized carbons (Fsp3) is 0.267. The molecule has 0 aliphatic carbocycles. The van der Waals surface area contributed by atoms with Gasteiger partial charge in [-0.25, -0.2) is 4.79 Å². The summed E-state index contributed by atoms with van der Waals surface area (Å²) in [5, 5.41) is 12.3. The molecule has 0 amide bonds. The number of tetrazole rings is 1. The molecule has 0 spiro atoms. The van der Waals surface area contributed by atoms with E-state index in [4.69, 9.17) is 0 Å². The molecule has 0 atom stereocenters. The molecular formula is C15H16N6O2S. The first-order chi connectivity index (χ1) is 11.5. The molecule has 124 valence electrons. The second-order valence-electron chi connectivity index (χ2n) is 5.37. The van der Waals surface area contributed by atoms with Crippen LogP contribution in [0.4, 0.5) is 0 Å². The Morgan fingerprint density at radius 3 is 2.50 bits per heavy atom. The molecule has 2 heterocycles. The van der Waals surface area contributed by atoms with Crippen LogP contribution in [-0.4, -0.2) is 29.3 Å². The van der Waals surface area contributed by atoms with Gasteiger partial charge in [-0.05, 0) is 29.5 Å². The Morgan fingerprint density at radius 1 is 1.08 bits per heavy atom. The highest BCUT2D eigenvalue weighted by Crippen LogP contribution is 2.21. The van der Waals surface area contributed by atoms with E-state index >= 15 is 0 Å². The van der Waals surface area contributed by atoms with Crippen molar-refractivity contribution in [2.75, 3.05) is 0 Å². The van der Waals surface area contributed by atoms with Crippen molar-refractivity contribution in [3.63, 3.8) is 0 Å². The molecule has 0 saturated heterocycles. The van der Waals surface area contributed by atoms with Crippen LogP contribution in [0.15, 0.2) is 45.1 Å². The molecular weight excluding hydrogens is 328 g/mol. The minimum atomic E-state index is -0.351. The summed E-state index contributed by atoms with van der Waals surface area (Å²) in [4.78, 5) is 23.8. The maximum atomic E-state index is 12.0. The van der Waals surface area contributed by atoms with Crippen molar-refractivity contribution in [1.82, 2.24) is 29.3 Å². The van der Waals surface area contributed by atoms with Gasteiger partial charge >= 0.3 is 5.69 Å². The molecule has 3 aromatic rings. The van der Waals surface area contributed by atoms with Gasteiger partial charge in [-0.15, -0.1) is 5.10 Å². The van der Waals surface area contributed by atoms with Crippen molar-refractivity contribution in [2.24, 2.45) is 14.1 Å². The summed E-state index contributed by atoms with van der Waals surface area (Å²) in [5.41, 5.74) is 1.94. The van der Waals surface area contributed by atoms with Crippen molar-refractivity contribution < 1.29 is 0 Å². The highest BCUT2D eigenvalue weighted by Gasteiger charge is 2.12. The number of rotatable bonds is 4. The topological polar surface area (TPSA) is 87.6 Å². The lowest BCUT2D eigenvalue weighted by molar-refractivity contribution is 0.664. The number of hydrogen-bond acceptors (Lipinski definition) is 6. The van der Waals surface area contributed by atoms with E-state index in [-0.39, 0.29) is 11.2 Å². The van der Waals surface area contributed by atoms with E-state index < -0.39 is 0 Å². The van der Waals surface area contributed by atoms with E-state index in [2.05, 4.69) is 15.5 Å². The molecule has 0 fully saturated rings. The fourth-order valence-electron chi connectivity index (χ4n) is 2.17. The van der Waals surface area contributed by atoms with Crippen molar-refractivity contribution in [3.05, 3.63) is 62.4 Å². The molecule has 0 unspecified atom stereocenters. The van der Waals surface area contributed by atoms with Crippen LogP contribution < -0.4 is 11.2 Å². The lowest BCUT2D eigenvalue weighted by atomic mass is 10.2. The molecule has 1 aromatic carbocycles. The van der Waals surface area contributed by atoms with Crippen LogP contribution in [0.3, 0.4) is 0 Å². The molecule has 2 aromatic heterocycles. The number of benzene rings is 1. The van der Waals surface area contributed by atoms with Gasteiger partial charge in [-0.1, -0.05) is 29.5 Å². The quantitative estimate of drug-likeness (QED) is 0.646. The average Bonchev–Trinajstić information content (AvgIpc) is 3.04. The second-order valence-corrected chi connectivity index (χ2v) is 6.31. The van der Waals surface area contributed by atoms with Gasteiger partial charge in [-0.2, -0.15) is 4.68 Å². The van der Waals surface area contributed by atoms with Gasteiger partial charge in [0.1, 0.15) is 0 Å². The van der Waals surface area contributed by atoms with Crippen molar-refractivity contribution in [1.29, 1.82) is 0 Å². The molecule has 3 rings (SSSR count). The van der Waals surface area contributed by atoms with E-state index in [1.54, 1.807) is 11.7 Å². The van der Waals surface area contributed by atoms with Crippen molar-refractivity contribution in [3.8, 4) is 5.69 Å². The van der Waals surface area contributed by atoms with Crippen LogP contribution in [0, 0.1) is 6.92 Å². The third kappa shape index (κ3) is 3.02. The highest BCUT2D eigenvalue weighted by molar-refractivity contribution is 7.98. The molecule has 0 bridgehead atoms.